The summed E-state index contributed by atoms with van der Waals surface area (Å²) in [6.07, 6.45) is -3.33. The van der Waals surface area contributed by atoms with Crippen molar-refractivity contribution in [1.82, 2.24) is 10.2 Å². The summed E-state index contributed by atoms with van der Waals surface area (Å²) < 4.78 is 36.7. The largest absolute Gasteiger partial charge is 0.401 e. The van der Waals surface area contributed by atoms with E-state index in [2.05, 4.69) is 11.4 Å². The molecule has 0 radical (unpaired) electrons. The Morgan fingerprint density at radius 3 is 2.61 bits per heavy atom. The summed E-state index contributed by atoms with van der Waals surface area (Å²) in [4.78, 5) is 1.32. The predicted octanol–water partition coefficient (Wildman–Crippen LogP) is 2.20. The van der Waals surface area contributed by atoms with E-state index in [1.54, 1.807) is 0 Å². The number of likely N-dealkylation sites (N-methyl/N-ethyl adjacent to an activating group) is 1. The van der Waals surface area contributed by atoms with Crippen LogP contribution in [0.25, 0.3) is 0 Å². The van der Waals surface area contributed by atoms with Crippen LogP contribution in [0.3, 0.4) is 0 Å². The molecule has 1 aromatic rings. The highest BCUT2D eigenvalue weighted by molar-refractivity contribution is 5.29. The van der Waals surface area contributed by atoms with Crippen LogP contribution in [0.15, 0.2) is 24.3 Å². The number of hydrogen-bond acceptors (Lipinski definition) is 2. The number of halogens is 3. The molecule has 0 saturated heterocycles. The van der Waals surface area contributed by atoms with E-state index in [-0.39, 0.29) is 6.04 Å². The number of benzene rings is 1. The second-order valence-corrected chi connectivity index (χ2v) is 4.86. The van der Waals surface area contributed by atoms with Gasteiger partial charge in [0.15, 0.2) is 0 Å². The first-order valence-electron chi connectivity index (χ1n) is 5.99. The van der Waals surface area contributed by atoms with E-state index in [0.717, 1.165) is 13.0 Å². The maximum Gasteiger partial charge on any atom is 0.401 e. The summed E-state index contributed by atoms with van der Waals surface area (Å²) in [7, 11) is 1.51. The van der Waals surface area contributed by atoms with Crippen molar-refractivity contribution in [3.8, 4) is 0 Å². The molecule has 1 aliphatic heterocycles. The topological polar surface area (TPSA) is 15.3 Å². The minimum absolute atomic E-state index is 0.0900. The average Bonchev–Trinajstić information content (AvgIpc) is 2.26. The third-order valence-corrected chi connectivity index (χ3v) is 3.15. The molecule has 1 atom stereocenters. The van der Waals surface area contributed by atoms with Crippen LogP contribution >= 0.6 is 0 Å². The van der Waals surface area contributed by atoms with E-state index in [9.17, 15) is 13.2 Å². The molecule has 0 saturated carbocycles. The lowest BCUT2D eigenvalue weighted by atomic mass is 9.96. The highest BCUT2D eigenvalue weighted by Gasteiger charge is 2.30. The lowest BCUT2D eigenvalue weighted by Gasteiger charge is -2.30. The molecule has 1 unspecified atom stereocenters. The van der Waals surface area contributed by atoms with E-state index >= 15 is 0 Å². The van der Waals surface area contributed by atoms with Gasteiger partial charge < -0.3 is 5.32 Å². The molecule has 1 aliphatic rings. The van der Waals surface area contributed by atoms with Crippen molar-refractivity contribution in [2.24, 2.45) is 0 Å². The van der Waals surface area contributed by atoms with Crippen LogP contribution in [0.1, 0.15) is 11.1 Å². The van der Waals surface area contributed by atoms with Crippen molar-refractivity contribution in [3.63, 3.8) is 0 Å². The summed E-state index contributed by atoms with van der Waals surface area (Å²) in [5.41, 5.74) is 2.48. The lowest BCUT2D eigenvalue weighted by Crippen LogP contribution is -2.45. The average molecular weight is 258 g/mol. The van der Waals surface area contributed by atoms with Gasteiger partial charge in [-0.3, -0.25) is 4.90 Å². The normalized spacial score (nSPS) is 19.9. The first kappa shape index (κ1) is 13.4. The molecule has 18 heavy (non-hydrogen) atoms. The maximum atomic E-state index is 12.2. The molecule has 0 bridgehead atoms. The van der Waals surface area contributed by atoms with Crippen molar-refractivity contribution in [3.05, 3.63) is 35.4 Å². The van der Waals surface area contributed by atoms with Crippen LogP contribution < -0.4 is 5.32 Å². The lowest BCUT2D eigenvalue weighted by molar-refractivity contribution is -0.143. The van der Waals surface area contributed by atoms with Gasteiger partial charge >= 0.3 is 6.18 Å². The SMILES string of the molecule is CN(CC1Cc2ccccc2CN1)CC(F)(F)F. The number of alkyl halides is 3. The van der Waals surface area contributed by atoms with Gasteiger partial charge in [-0.2, -0.15) is 13.2 Å². The van der Waals surface area contributed by atoms with E-state index in [4.69, 9.17) is 0 Å². The second-order valence-electron chi connectivity index (χ2n) is 4.86. The summed E-state index contributed by atoms with van der Waals surface area (Å²) in [5.74, 6) is 0. The summed E-state index contributed by atoms with van der Waals surface area (Å²) in [6.45, 7) is 0.293. The number of fused-ring (bicyclic) bond motifs is 1. The molecule has 1 N–H and O–H groups in total. The predicted molar refractivity (Wildman–Crippen MR) is 64.3 cm³/mol. The van der Waals surface area contributed by atoms with E-state index in [1.165, 1.54) is 23.1 Å². The molecule has 1 aromatic carbocycles. The molecule has 0 spiro atoms. The Kier molecular flexibility index (Phi) is 3.92. The standard InChI is InChI=1S/C13H17F3N2/c1-18(9-13(14,15)16)8-12-6-10-4-2-3-5-11(10)7-17-12/h2-5,12,17H,6-9H2,1H3. The number of rotatable bonds is 3. The minimum atomic E-state index is -4.12. The van der Waals surface area contributed by atoms with E-state index in [0.29, 0.717) is 6.54 Å². The van der Waals surface area contributed by atoms with Crippen molar-refractivity contribution < 1.29 is 13.2 Å². The number of nitrogens with one attached hydrogen (secondary N) is 1. The maximum absolute atomic E-state index is 12.2. The van der Waals surface area contributed by atoms with Gasteiger partial charge in [-0.05, 0) is 24.6 Å². The minimum Gasteiger partial charge on any atom is -0.308 e. The summed E-state index contributed by atoms with van der Waals surface area (Å²) >= 11 is 0. The Morgan fingerprint density at radius 2 is 1.94 bits per heavy atom. The number of hydrogen-bond donors (Lipinski definition) is 1. The van der Waals surface area contributed by atoms with Crippen molar-refractivity contribution in [1.29, 1.82) is 0 Å². The van der Waals surface area contributed by atoms with Crippen LogP contribution in [0.4, 0.5) is 13.2 Å². The first-order chi connectivity index (χ1) is 8.44. The first-order valence-corrected chi connectivity index (χ1v) is 5.99. The summed E-state index contributed by atoms with van der Waals surface area (Å²) in [6, 6.07) is 8.15. The fourth-order valence-electron chi connectivity index (χ4n) is 2.40. The second kappa shape index (κ2) is 5.28. The molecular formula is C13H17F3N2. The van der Waals surface area contributed by atoms with Crippen molar-refractivity contribution in [2.75, 3.05) is 20.1 Å². The van der Waals surface area contributed by atoms with Crippen LogP contribution in [-0.2, 0) is 13.0 Å². The Bertz CT molecular complexity index is 403. The third kappa shape index (κ3) is 3.71. The van der Waals surface area contributed by atoms with Gasteiger partial charge in [0.2, 0.25) is 0 Å². The monoisotopic (exact) mass is 258 g/mol. The molecule has 2 nitrogen and oxygen atoms in total. The van der Waals surface area contributed by atoms with Gasteiger partial charge in [0.05, 0.1) is 6.54 Å². The van der Waals surface area contributed by atoms with Gasteiger partial charge in [-0.1, -0.05) is 24.3 Å². The fourth-order valence-corrected chi connectivity index (χ4v) is 2.40. The molecule has 0 amide bonds. The molecule has 100 valence electrons. The van der Waals surface area contributed by atoms with Crippen LogP contribution in [0.5, 0.6) is 0 Å². The third-order valence-electron chi connectivity index (χ3n) is 3.15. The fraction of sp³-hybridized carbons (Fsp3) is 0.538. The molecular weight excluding hydrogens is 241 g/mol. The van der Waals surface area contributed by atoms with Crippen LogP contribution in [0, 0.1) is 0 Å². The zero-order chi connectivity index (χ0) is 13.2. The Hall–Kier alpha value is -1.07. The van der Waals surface area contributed by atoms with E-state index < -0.39 is 12.7 Å². The highest BCUT2D eigenvalue weighted by atomic mass is 19.4. The molecule has 0 aliphatic carbocycles. The zero-order valence-electron chi connectivity index (χ0n) is 10.3. The Morgan fingerprint density at radius 1 is 1.28 bits per heavy atom. The van der Waals surface area contributed by atoms with Crippen LogP contribution in [-0.4, -0.2) is 37.3 Å². The van der Waals surface area contributed by atoms with Crippen molar-refractivity contribution >= 4 is 0 Å². The molecule has 0 fully saturated rings. The Labute approximate surface area is 105 Å². The highest BCUT2D eigenvalue weighted by Crippen LogP contribution is 2.19. The number of nitrogens with zero attached hydrogens (tertiary/aromatic N) is 1. The molecule has 0 aromatic heterocycles. The van der Waals surface area contributed by atoms with Gasteiger partial charge in [-0.25, -0.2) is 0 Å². The molecule has 2 rings (SSSR count). The quantitative estimate of drug-likeness (QED) is 0.894. The Balaban J connectivity index is 1.90. The van der Waals surface area contributed by atoms with Gasteiger partial charge in [0, 0.05) is 19.1 Å². The molecule has 5 heteroatoms. The van der Waals surface area contributed by atoms with Gasteiger partial charge in [0.1, 0.15) is 0 Å². The van der Waals surface area contributed by atoms with E-state index in [1.807, 2.05) is 18.2 Å². The zero-order valence-corrected chi connectivity index (χ0v) is 10.3. The van der Waals surface area contributed by atoms with Gasteiger partial charge in [0.25, 0.3) is 0 Å². The molecule has 1 heterocycles. The van der Waals surface area contributed by atoms with Gasteiger partial charge in [-0.15, -0.1) is 0 Å². The van der Waals surface area contributed by atoms with Crippen LogP contribution in [0.2, 0.25) is 0 Å². The smallest absolute Gasteiger partial charge is 0.308 e. The van der Waals surface area contributed by atoms with Crippen molar-refractivity contribution in [2.45, 2.75) is 25.2 Å². The summed E-state index contributed by atoms with van der Waals surface area (Å²) in [5, 5.41) is 3.28.